The first-order valence-electron chi connectivity index (χ1n) is 5.21. The summed E-state index contributed by atoms with van der Waals surface area (Å²) in [4.78, 5) is 6.73. The number of hydrogen-bond donors (Lipinski definition) is 0. The molecule has 0 amide bonds. The van der Waals surface area contributed by atoms with E-state index in [2.05, 4.69) is 28.9 Å². The average molecular weight is 195 g/mol. The van der Waals surface area contributed by atoms with Gasteiger partial charge in [-0.3, -0.25) is 0 Å². The predicted octanol–water partition coefficient (Wildman–Crippen LogP) is 1.58. The molecule has 0 bridgehead atoms. The molecule has 0 aromatic carbocycles. The van der Waals surface area contributed by atoms with Crippen molar-refractivity contribution in [3.8, 4) is 0 Å². The lowest BCUT2D eigenvalue weighted by Crippen LogP contribution is -2.27. The number of nitrogens with zero attached hydrogens (tertiary/aromatic N) is 3. The van der Waals surface area contributed by atoms with Crippen LogP contribution in [0.15, 0.2) is 4.52 Å². The van der Waals surface area contributed by atoms with E-state index < -0.39 is 0 Å². The van der Waals surface area contributed by atoms with Gasteiger partial charge in [-0.25, -0.2) is 0 Å². The van der Waals surface area contributed by atoms with Crippen molar-refractivity contribution in [3.05, 3.63) is 11.7 Å². The van der Waals surface area contributed by atoms with Crippen molar-refractivity contribution in [2.75, 3.05) is 13.1 Å². The minimum Gasteiger partial charge on any atom is -0.339 e. The van der Waals surface area contributed by atoms with Crippen LogP contribution in [0.4, 0.5) is 0 Å². The summed E-state index contributed by atoms with van der Waals surface area (Å²) < 4.78 is 5.19. The molecule has 1 aromatic rings. The first kappa shape index (κ1) is 9.65. The quantitative estimate of drug-likeness (QED) is 0.718. The topological polar surface area (TPSA) is 42.2 Å². The van der Waals surface area contributed by atoms with Gasteiger partial charge in [0, 0.05) is 12.6 Å². The van der Waals surface area contributed by atoms with E-state index in [1.165, 1.54) is 0 Å². The molecule has 1 aromatic heterocycles. The predicted molar refractivity (Wildman–Crippen MR) is 53.1 cm³/mol. The molecule has 0 radical (unpaired) electrons. The fraction of sp³-hybridized carbons (Fsp3) is 0.800. The van der Waals surface area contributed by atoms with Crippen LogP contribution in [-0.4, -0.2) is 34.2 Å². The van der Waals surface area contributed by atoms with Crippen molar-refractivity contribution in [3.63, 3.8) is 0 Å². The monoisotopic (exact) mass is 195 g/mol. The lowest BCUT2D eigenvalue weighted by Gasteiger charge is -2.19. The summed E-state index contributed by atoms with van der Waals surface area (Å²) in [6.45, 7) is 8.51. The zero-order valence-corrected chi connectivity index (χ0v) is 9.03. The Morgan fingerprint density at radius 3 is 2.79 bits per heavy atom. The molecule has 1 aliphatic rings. The van der Waals surface area contributed by atoms with Crippen LogP contribution in [-0.2, 0) is 0 Å². The maximum atomic E-state index is 5.19. The maximum Gasteiger partial charge on any atom is 0.231 e. The van der Waals surface area contributed by atoms with Crippen LogP contribution in [0.2, 0.25) is 0 Å². The first-order chi connectivity index (χ1) is 6.66. The normalized spacial score (nSPS) is 23.6. The fourth-order valence-electron chi connectivity index (χ4n) is 1.94. The van der Waals surface area contributed by atoms with E-state index in [1.807, 2.05) is 6.92 Å². The molecular formula is C10H17N3O. The molecule has 1 saturated heterocycles. The van der Waals surface area contributed by atoms with Gasteiger partial charge in [0.2, 0.25) is 5.89 Å². The van der Waals surface area contributed by atoms with E-state index in [0.29, 0.717) is 12.0 Å². The van der Waals surface area contributed by atoms with Crippen LogP contribution in [0.1, 0.15) is 37.9 Å². The Balaban J connectivity index is 2.02. The highest BCUT2D eigenvalue weighted by atomic mass is 16.5. The second kappa shape index (κ2) is 3.69. The number of aromatic nitrogens is 2. The van der Waals surface area contributed by atoms with E-state index in [4.69, 9.17) is 4.52 Å². The summed E-state index contributed by atoms with van der Waals surface area (Å²) in [6.07, 6.45) is 1.14. The van der Waals surface area contributed by atoms with Crippen molar-refractivity contribution in [1.29, 1.82) is 0 Å². The Kier molecular flexibility index (Phi) is 2.54. The molecule has 2 heterocycles. The second-order valence-corrected chi connectivity index (χ2v) is 4.25. The Hall–Kier alpha value is -0.900. The highest BCUT2D eigenvalue weighted by molar-refractivity contribution is 4.98. The third kappa shape index (κ3) is 1.80. The fourth-order valence-corrected chi connectivity index (χ4v) is 1.94. The molecule has 0 N–H and O–H groups in total. The van der Waals surface area contributed by atoms with E-state index in [1.54, 1.807) is 0 Å². The third-order valence-corrected chi connectivity index (χ3v) is 2.84. The molecule has 78 valence electrons. The summed E-state index contributed by atoms with van der Waals surface area (Å²) in [5.74, 6) is 1.99. The molecule has 0 aliphatic carbocycles. The van der Waals surface area contributed by atoms with Crippen molar-refractivity contribution < 1.29 is 4.52 Å². The second-order valence-electron chi connectivity index (χ2n) is 4.25. The SMILES string of the molecule is Cc1noc(C2CCN(C(C)C)C2)n1. The lowest BCUT2D eigenvalue weighted by atomic mass is 10.1. The number of aryl methyl sites for hydroxylation is 1. The van der Waals surface area contributed by atoms with Gasteiger partial charge in [0.15, 0.2) is 5.82 Å². The van der Waals surface area contributed by atoms with E-state index in [-0.39, 0.29) is 0 Å². The van der Waals surface area contributed by atoms with Gasteiger partial charge in [0.1, 0.15) is 0 Å². The first-order valence-corrected chi connectivity index (χ1v) is 5.21. The van der Waals surface area contributed by atoms with Crippen LogP contribution in [0.3, 0.4) is 0 Å². The summed E-state index contributed by atoms with van der Waals surface area (Å²) in [7, 11) is 0. The highest BCUT2D eigenvalue weighted by Crippen LogP contribution is 2.26. The molecule has 0 spiro atoms. The smallest absolute Gasteiger partial charge is 0.231 e. The van der Waals surface area contributed by atoms with Crippen LogP contribution in [0, 0.1) is 6.92 Å². The van der Waals surface area contributed by atoms with Gasteiger partial charge >= 0.3 is 0 Å². The van der Waals surface area contributed by atoms with Gasteiger partial charge < -0.3 is 9.42 Å². The van der Waals surface area contributed by atoms with E-state index in [0.717, 1.165) is 31.2 Å². The zero-order chi connectivity index (χ0) is 10.1. The van der Waals surface area contributed by atoms with Crippen LogP contribution in [0.25, 0.3) is 0 Å². The summed E-state index contributed by atoms with van der Waals surface area (Å²) in [5.41, 5.74) is 0. The molecule has 1 fully saturated rings. The van der Waals surface area contributed by atoms with Crippen molar-refractivity contribution in [2.24, 2.45) is 0 Å². The highest BCUT2D eigenvalue weighted by Gasteiger charge is 2.28. The van der Waals surface area contributed by atoms with Crippen LogP contribution >= 0.6 is 0 Å². The van der Waals surface area contributed by atoms with Crippen molar-refractivity contribution >= 4 is 0 Å². The molecule has 14 heavy (non-hydrogen) atoms. The maximum absolute atomic E-state index is 5.19. The number of hydrogen-bond acceptors (Lipinski definition) is 4. The molecule has 0 saturated carbocycles. The zero-order valence-electron chi connectivity index (χ0n) is 9.03. The molecule has 4 heteroatoms. The average Bonchev–Trinajstić information content (AvgIpc) is 2.70. The Morgan fingerprint density at radius 2 is 2.29 bits per heavy atom. The van der Waals surface area contributed by atoms with E-state index in [9.17, 15) is 0 Å². The Morgan fingerprint density at radius 1 is 1.50 bits per heavy atom. The molecular weight excluding hydrogens is 178 g/mol. The van der Waals surface area contributed by atoms with Crippen LogP contribution < -0.4 is 0 Å². The van der Waals surface area contributed by atoms with Crippen LogP contribution in [0.5, 0.6) is 0 Å². The largest absolute Gasteiger partial charge is 0.339 e. The molecule has 1 unspecified atom stereocenters. The van der Waals surface area contributed by atoms with E-state index >= 15 is 0 Å². The molecule has 1 aliphatic heterocycles. The van der Waals surface area contributed by atoms with Crippen molar-refractivity contribution in [2.45, 2.75) is 39.2 Å². The van der Waals surface area contributed by atoms with Gasteiger partial charge in [-0.1, -0.05) is 5.16 Å². The minimum atomic E-state index is 0.443. The molecule has 4 nitrogen and oxygen atoms in total. The van der Waals surface area contributed by atoms with Gasteiger partial charge in [0.05, 0.1) is 5.92 Å². The van der Waals surface area contributed by atoms with Gasteiger partial charge in [-0.2, -0.15) is 4.98 Å². The Labute approximate surface area is 84.3 Å². The number of rotatable bonds is 2. The summed E-state index contributed by atoms with van der Waals surface area (Å²) >= 11 is 0. The van der Waals surface area contributed by atoms with Gasteiger partial charge in [0.25, 0.3) is 0 Å². The third-order valence-electron chi connectivity index (χ3n) is 2.84. The lowest BCUT2D eigenvalue weighted by molar-refractivity contribution is 0.265. The Bertz CT molecular complexity index is 308. The molecule has 2 rings (SSSR count). The summed E-state index contributed by atoms with van der Waals surface area (Å²) in [6, 6.07) is 0.615. The summed E-state index contributed by atoms with van der Waals surface area (Å²) in [5, 5.41) is 3.83. The van der Waals surface area contributed by atoms with Gasteiger partial charge in [-0.05, 0) is 33.7 Å². The number of likely N-dealkylation sites (tertiary alicyclic amines) is 1. The standard InChI is InChI=1S/C10H17N3O/c1-7(2)13-5-4-9(6-13)10-11-8(3)12-14-10/h7,9H,4-6H2,1-3H3. The van der Waals surface area contributed by atoms with Crippen molar-refractivity contribution in [1.82, 2.24) is 15.0 Å². The molecule has 1 atom stereocenters. The van der Waals surface area contributed by atoms with Gasteiger partial charge in [-0.15, -0.1) is 0 Å². The minimum absolute atomic E-state index is 0.443.